The molecule has 0 spiro atoms. The first-order chi connectivity index (χ1) is 9.07. The van der Waals surface area contributed by atoms with Gasteiger partial charge in [0, 0.05) is 6.54 Å². The minimum Gasteiger partial charge on any atom is -0.354 e. The van der Waals surface area contributed by atoms with Crippen molar-refractivity contribution in [1.82, 2.24) is 15.3 Å². The molecule has 1 aliphatic carbocycles. The molecule has 100 valence electrons. The summed E-state index contributed by atoms with van der Waals surface area (Å²) in [5.41, 5.74) is 7.60. The predicted molar refractivity (Wildman–Crippen MR) is 71.8 cm³/mol. The van der Waals surface area contributed by atoms with Gasteiger partial charge in [-0.2, -0.15) is 0 Å². The Morgan fingerprint density at radius 3 is 2.79 bits per heavy atom. The van der Waals surface area contributed by atoms with Gasteiger partial charge in [0.25, 0.3) is 0 Å². The quantitative estimate of drug-likeness (QED) is 0.622. The number of fused-ring (bicyclic) bond motifs is 1. The summed E-state index contributed by atoms with van der Waals surface area (Å²) in [4.78, 5) is 28.2. The fourth-order valence-electron chi connectivity index (χ4n) is 2.09. The van der Waals surface area contributed by atoms with Crippen molar-refractivity contribution >= 4 is 16.9 Å². The largest absolute Gasteiger partial charge is 0.354 e. The minimum absolute atomic E-state index is 0.0661. The Labute approximate surface area is 109 Å². The van der Waals surface area contributed by atoms with Gasteiger partial charge >= 0.3 is 5.69 Å². The maximum absolute atomic E-state index is 11.6. The molecule has 1 saturated carbocycles. The zero-order valence-electron chi connectivity index (χ0n) is 10.5. The molecule has 0 radical (unpaired) electrons. The monoisotopic (exact) mass is 260 g/mol. The Hall–Kier alpha value is -2.08. The van der Waals surface area contributed by atoms with Gasteiger partial charge in [-0.05, 0) is 37.0 Å². The molecule has 1 aromatic carbocycles. The summed E-state index contributed by atoms with van der Waals surface area (Å²) >= 11 is 0. The van der Waals surface area contributed by atoms with Crippen molar-refractivity contribution in [1.29, 1.82) is 0 Å². The maximum Gasteiger partial charge on any atom is 0.323 e. The fourth-order valence-corrected chi connectivity index (χ4v) is 2.09. The topological polar surface area (TPSA) is 104 Å². The van der Waals surface area contributed by atoms with E-state index < -0.39 is 5.54 Å². The summed E-state index contributed by atoms with van der Waals surface area (Å²) in [7, 11) is 0. The molecule has 1 aliphatic rings. The first kappa shape index (κ1) is 12.0. The average Bonchev–Trinajstić information content (AvgIpc) is 3.01. The highest BCUT2D eigenvalue weighted by atomic mass is 16.2. The SMILES string of the molecule is NC1(C(=O)NCCc2ccc3[nH]c(=O)[nH]c3c2)CC1. The van der Waals surface area contributed by atoms with Gasteiger partial charge in [0.05, 0.1) is 16.6 Å². The van der Waals surface area contributed by atoms with E-state index in [1.165, 1.54) is 0 Å². The molecular formula is C13H16N4O2. The number of hydrogen-bond acceptors (Lipinski definition) is 3. The standard InChI is InChI=1S/C13H16N4O2/c14-13(4-5-13)11(18)15-6-3-8-1-2-9-10(7-8)17-12(19)16-9/h1-2,7H,3-6,14H2,(H,15,18)(H2,16,17,19). The van der Waals surface area contributed by atoms with Crippen LogP contribution in [-0.4, -0.2) is 28.0 Å². The number of carbonyl (C=O) groups is 1. The van der Waals surface area contributed by atoms with Crippen LogP contribution in [-0.2, 0) is 11.2 Å². The van der Waals surface area contributed by atoms with Gasteiger partial charge in [-0.3, -0.25) is 4.79 Å². The normalized spacial score (nSPS) is 16.5. The number of benzene rings is 1. The zero-order chi connectivity index (χ0) is 13.5. The van der Waals surface area contributed by atoms with Gasteiger partial charge in [-0.1, -0.05) is 6.07 Å². The van der Waals surface area contributed by atoms with Crippen LogP contribution in [0.4, 0.5) is 0 Å². The predicted octanol–water partition coefficient (Wildman–Crippen LogP) is 0.00620. The van der Waals surface area contributed by atoms with Crippen molar-refractivity contribution < 1.29 is 4.79 Å². The van der Waals surface area contributed by atoms with Crippen LogP contribution in [0.25, 0.3) is 11.0 Å². The molecule has 19 heavy (non-hydrogen) atoms. The average molecular weight is 260 g/mol. The molecule has 0 saturated heterocycles. The van der Waals surface area contributed by atoms with Gasteiger partial charge in [-0.25, -0.2) is 4.79 Å². The molecule has 0 unspecified atom stereocenters. The molecule has 5 N–H and O–H groups in total. The fraction of sp³-hybridized carbons (Fsp3) is 0.385. The van der Waals surface area contributed by atoms with Crippen LogP contribution in [0.2, 0.25) is 0 Å². The summed E-state index contributed by atoms with van der Waals surface area (Å²) in [5.74, 6) is -0.0661. The molecular weight excluding hydrogens is 244 g/mol. The third-order valence-corrected chi connectivity index (χ3v) is 3.52. The van der Waals surface area contributed by atoms with Crippen molar-refractivity contribution in [3.05, 3.63) is 34.2 Å². The number of nitrogens with two attached hydrogens (primary N) is 1. The molecule has 0 atom stereocenters. The van der Waals surface area contributed by atoms with E-state index in [9.17, 15) is 9.59 Å². The highest BCUT2D eigenvalue weighted by molar-refractivity contribution is 5.88. The minimum atomic E-state index is -0.615. The van der Waals surface area contributed by atoms with Crippen molar-refractivity contribution in [3.8, 4) is 0 Å². The summed E-state index contributed by atoms with van der Waals surface area (Å²) in [6, 6.07) is 5.71. The molecule has 6 nitrogen and oxygen atoms in total. The van der Waals surface area contributed by atoms with Crippen molar-refractivity contribution in [2.45, 2.75) is 24.8 Å². The van der Waals surface area contributed by atoms with E-state index in [2.05, 4.69) is 15.3 Å². The van der Waals surface area contributed by atoms with E-state index in [4.69, 9.17) is 5.73 Å². The number of rotatable bonds is 4. The lowest BCUT2D eigenvalue weighted by molar-refractivity contribution is -0.123. The zero-order valence-corrected chi connectivity index (χ0v) is 10.5. The third kappa shape index (κ3) is 2.39. The van der Waals surface area contributed by atoms with Crippen LogP contribution in [0.1, 0.15) is 18.4 Å². The highest BCUT2D eigenvalue weighted by Crippen LogP contribution is 2.31. The second-order valence-electron chi connectivity index (χ2n) is 5.12. The lowest BCUT2D eigenvalue weighted by Crippen LogP contribution is -2.43. The lowest BCUT2D eigenvalue weighted by atomic mass is 10.1. The van der Waals surface area contributed by atoms with Gasteiger partial charge in [0.15, 0.2) is 0 Å². The summed E-state index contributed by atoms with van der Waals surface area (Å²) in [6.07, 6.45) is 2.26. The van der Waals surface area contributed by atoms with E-state index in [0.717, 1.165) is 29.4 Å². The first-order valence-electron chi connectivity index (χ1n) is 6.35. The van der Waals surface area contributed by atoms with Crippen LogP contribution < -0.4 is 16.7 Å². The Bertz CT molecular complexity index is 681. The number of aromatic nitrogens is 2. The summed E-state index contributed by atoms with van der Waals surface area (Å²) in [6.45, 7) is 0.554. The van der Waals surface area contributed by atoms with Gasteiger partial charge in [0.2, 0.25) is 5.91 Å². The Morgan fingerprint density at radius 1 is 1.32 bits per heavy atom. The van der Waals surface area contributed by atoms with Crippen LogP contribution in [0, 0.1) is 0 Å². The van der Waals surface area contributed by atoms with E-state index in [-0.39, 0.29) is 11.6 Å². The smallest absolute Gasteiger partial charge is 0.323 e. The van der Waals surface area contributed by atoms with E-state index >= 15 is 0 Å². The number of hydrogen-bond donors (Lipinski definition) is 4. The molecule has 2 aromatic rings. The van der Waals surface area contributed by atoms with Crippen LogP contribution >= 0.6 is 0 Å². The number of nitrogens with one attached hydrogen (secondary N) is 3. The van der Waals surface area contributed by atoms with Gasteiger partial charge in [-0.15, -0.1) is 0 Å². The van der Waals surface area contributed by atoms with Crippen LogP contribution in [0.5, 0.6) is 0 Å². The Balaban J connectivity index is 1.62. The molecule has 1 fully saturated rings. The summed E-state index contributed by atoms with van der Waals surface area (Å²) < 4.78 is 0. The molecule has 6 heteroatoms. The lowest BCUT2D eigenvalue weighted by Gasteiger charge is -2.09. The van der Waals surface area contributed by atoms with Crippen molar-refractivity contribution in [2.24, 2.45) is 5.73 Å². The molecule has 1 aromatic heterocycles. The molecule has 1 amide bonds. The molecule has 0 bridgehead atoms. The second kappa shape index (κ2) is 4.24. The van der Waals surface area contributed by atoms with Gasteiger partial charge < -0.3 is 21.0 Å². The number of aromatic amines is 2. The van der Waals surface area contributed by atoms with Crippen LogP contribution in [0.3, 0.4) is 0 Å². The number of imidazole rings is 1. The number of H-pyrrole nitrogens is 2. The molecule has 1 heterocycles. The Kier molecular flexibility index (Phi) is 2.67. The van der Waals surface area contributed by atoms with E-state index in [1.54, 1.807) is 0 Å². The van der Waals surface area contributed by atoms with Crippen molar-refractivity contribution in [3.63, 3.8) is 0 Å². The molecule has 0 aliphatic heterocycles. The summed E-state index contributed by atoms with van der Waals surface area (Å²) in [5, 5.41) is 2.84. The van der Waals surface area contributed by atoms with Gasteiger partial charge in [0.1, 0.15) is 0 Å². The highest BCUT2D eigenvalue weighted by Gasteiger charge is 2.45. The third-order valence-electron chi connectivity index (χ3n) is 3.52. The van der Waals surface area contributed by atoms with Crippen LogP contribution in [0.15, 0.2) is 23.0 Å². The van der Waals surface area contributed by atoms with E-state index in [1.807, 2.05) is 18.2 Å². The first-order valence-corrected chi connectivity index (χ1v) is 6.35. The maximum atomic E-state index is 11.6. The van der Waals surface area contributed by atoms with Crippen molar-refractivity contribution in [2.75, 3.05) is 6.54 Å². The van der Waals surface area contributed by atoms with E-state index in [0.29, 0.717) is 13.0 Å². The Morgan fingerprint density at radius 2 is 2.05 bits per heavy atom. The number of amides is 1. The number of carbonyl (C=O) groups excluding carboxylic acids is 1. The second-order valence-corrected chi connectivity index (χ2v) is 5.12. The molecule has 3 rings (SSSR count).